The molecule has 1 aromatic heterocycles. The van der Waals surface area contributed by atoms with Crippen molar-refractivity contribution >= 4 is 22.6 Å². The SMILES string of the molecule is Cc1[nH]c2ccccc2c1C(=O)C(=O)N[C@@H](C)c1ccc(F)c(F)c1. The van der Waals surface area contributed by atoms with E-state index < -0.39 is 29.4 Å². The molecule has 25 heavy (non-hydrogen) atoms. The minimum Gasteiger partial charge on any atom is -0.358 e. The van der Waals surface area contributed by atoms with Crippen molar-refractivity contribution in [2.45, 2.75) is 19.9 Å². The number of aromatic nitrogens is 1. The number of fused-ring (bicyclic) bond motifs is 1. The normalized spacial score (nSPS) is 12.2. The van der Waals surface area contributed by atoms with Gasteiger partial charge in [0.15, 0.2) is 11.6 Å². The zero-order valence-electron chi connectivity index (χ0n) is 13.7. The van der Waals surface area contributed by atoms with E-state index in [0.29, 0.717) is 22.2 Å². The number of nitrogens with one attached hydrogen (secondary N) is 2. The molecule has 1 amide bonds. The van der Waals surface area contributed by atoms with Crippen molar-refractivity contribution in [2.75, 3.05) is 0 Å². The molecule has 0 aliphatic carbocycles. The number of aryl methyl sites for hydroxylation is 1. The van der Waals surface area contributed by atoms with Crippen LogP contribution in [0.4, 0.5) is 8.78 Å². The molecule has 1 heterocycles. The molecule has 0 saturated heterocycles. The van der Waals surface area contributed by atoms with Crippen molar-refractivity contribution in [3.8, 4) is 0 Å². The molecule has 128 valence electrons. The number of carbonyl (C=O) groups excluding carboxylic acids is 2. The van der Waals surface area contributed by atoms with Crippen LogP contribution >= 0.6 is 0 Å². The minimum atomic E-state index is -1.00. The Bertz CT molecular complexity index is 979. The van der Waals surface area contributed by atoms with Gasteiger partial charge in [-0.3, -0.25) is 9.59 Å². The van der Waals surface area contributed by atoms with Gasteiger partial charge in [0, 0.05) is 16.6 Å². The molecule has 2 N–H and O–H groups in total. The second-order valence-corrected chi connectivity index (χ2v) is 5.87. The van der Waals surface area contributed by atoms with E-state index in [-0.39, 0.29) is 0 Å². The fourth-order valence-electron chi connectivity index (χ4n) is 2.81. The Hall–Kier alpha value is -3.02. The molecule has 0 aliphatic rings. The largest absolute Gasteiger partial charge is 0.358 e. The number of Topliss-reactive ketones (excluding diaryl/α,β-unsaturated/α-hetero) is 1. The smallest absolute Gasteiger partial charge is 0.292 e. The summed E-state index contributed by atoms with van der Waals surface area (Å²) < 4.78 is 26.3. The highest BCUT2D eigenvalue weighted by Crippen LogP contribution is 2.23. The first-order valence-electron chi connectivity index (χ1n) is 7.76. The van der Waals surface area contributed by atoms with Crippen LogP contribution in [-0.4, -0.2) is 16.7 Å². The summed E-state index contributed by atoms with van der Waals surface area (Å²) in [4.78, 5) is 28.0. The van der Waals surface area contributed by atoms with Crippen molar-refractivity contribution < 1.29 is 18.4 Å². The third kappa shape index (κ3) is 3.15. The first-order chi connectivity index (χ1) is 11.9. The number of para-hydroxylation sites is 1. The van der Waals surface area contributed by atoms with Crippen LogP contribution in [0.1, 0.15) is 34.6 Å². The molecule has 0 fully saturated rings. The fourth-order valence-corrected chi connectivity index (χ4v) is 2.81. The predicted molar refractivity (Wildman–Crippen MR) is 90.3 cm³/mol. The molecule has 0 radical (unpaired) electrons. The van der Waals surface area contributed by atoms with Crippen LogP contribution in [0, 0.1) is 18.6 Å². The van der Waals surface area contributed by atoms with Crippen molar-refractivity contribution in [2.24, 2.45) is 0 Å². The van der Waals surface area contributed by atoms with Gasteiger partial charge in [0.2, 0.25) is 0 Å². The molecule has 3 aromatic rings. The highest BCUT2D eigenvalue weighted by atomic mass is 19.2. The van der Waals surface area contributed by atoms with Gasteiger partial charge < -0.3 is 10.3 Å². The predicted octanol–water partition coefficient (Wildman–Crippen LogP) is 3.81. The van der Waals surface area contributed by atoms with Crippen LogP contribution in [0.3, 0.4) is 0 Å². The number of amides is 1. The molecule has 0 bridgehead atoms. The van der Waals surface area contributed by atoms with Gasteiger partial charge in [-0.05, 0) is 37.6 Å². The molecule has 0 aliphatic heterocycles. The van der Waals surface area contributed by atoms with Gasteiger partial charge >= 0.3 is 0 Å². The maximum absolute atomic E-state index is 13.3. The van der Waals surface area contributed by atoms with E-state index in [1.54, 1.807) is 26.0 Å². The second-order valence-electron chi connectivity index (χ2n) is 5.87. The Labute approximate surface area is 142 Å². The molecule has 1 atom stereocenters. The third-order valence-corrected chi connectivity index (χ3v) is 4.12. The Morgan fingerprint density at radius 2 is 1.80 bits per heavy atom. The van der Waals surface area contributed by atoms with Gasteiger partial charge in [0.1, 0.15) is 0 Å². The van der Waals surface area contributed by atoms with Gasteiger partial charge in [-0.15, -0.1) is 0 Å². The Balaban J connectivity index is 1.83. The number of hydrogen-bond acceptors (Lipinski definition) is 2. The zero-order valence-corrected chi connectivity index (χ0v) is 13.7. The van der Waals surface area contributed by atoms with Crippen LogP contribution < -0.4 is 5.32 Å². The van der Waals surface area contributed by atoms with Crippen molar-refractivity contribution in [3.63, 3.8) is 0 Å². The number of benzene rings is 2. The van der Waals surface area contributed by atoms with Crippen LogP contribution in [0.15, 0.2) is 42.5 Å². The van der Waals surface area contributed by atoms with Crippen LogP contribution in [-0.2, 0) is 4.79 Å². The summed E-state index contributed by atoms with van der Waals surface area (Å²) in [5, 5.41) is 3.20. The molecule has 4 nitrogen and oxygen atoms in total. The maximum Gasteiger partial charge on any atom is 0.292 e. The van der Waals surface area contributed by atoms with E-state index in [0.717, 1.165) is 17.6 Å². The molecular formula is C19H16F2N2O2. The summed E-state index contributed by atoms with van der Waals surface area (Å²) in [7, 11) is 0. The van der Waals surface area contributed by atoms with Gasteiger partial charge in [-0.25, -0.2) is 8.78 Å². The van der Waals surface area contributed by atoms with E-state index in [1.807, 2.05) is 12.1 Å². The standard InChI is InChI=1S/C19H16F2N2O2/c1-10(12-7-8-14(20)15(21)9-12)23-19(25)18(24)17-11(2)22-16-6-4-3-5-13(16)17/h3-10,22H,1-2H3,(H,23,25)/t10-/m0/s1. The molecule has 0 spiro atoms. The number of hydrogen-bond donors (Lipinski definition) is 2. The number of H-pyrrole nitrogens is 1. The summed E-state index contributed by atoms with van der Waals surface area (Å²) in [6, 6.07) is 9.91. The highest BCUT2D eigenvalue weighted by Gasteiger charge is 2.24. The second kappa shape index (κ2) is 6.47. The van der Waals surface area contributed by atoms with E-state index >= 15 is 0 Å². The Kier molecular flexibility index (Phi) is 4.35. The Morgan fingerprint density at radius 3 is 2.52 bits per heavy atom. The van der Waals surface area contributed by atoms with Crippen molar-refractivity contribution in [1.29, 1.82) is 0 Å². The van der Waals surface area contributed by atoms with Crippen LogP contribution in [0.5, 0.6) is 0 Å². The average molecular weight is 342 g/mol. The summed E-state index contributed by atoms with van der Waals surface area (Å²) in [6.07, 6.45) is 0. The van der Waals surface area contributed by atoms with E-state index in [1.165, 1.54) is 6.07 Å². The number of carbonyl (C=O) groups is 2. The molecule has 3 rings (SSSR count). The number of ketones is 1. The topological polar surface area (TPSA) is 62.0 Å². The van der Waals surface area contributed by atoms with Gasteiger partial charge in [0.05, 0.1) is 11.6 Å². The lowest BCUT2D eigenvalue weighted by Gasteiger charge is -2.14. The first kappa shape index (κ1) is 16.8. The third-order valence-electron chi connectivity index (χ3n) is 4.12. The maximum atomic E-state index is 13.3. The fraction of sp³-hybridized carbons (Fsp3) is 0.158. The van der Waals surface area contributed by atoms with E-state index in [2.05, 4.69) is 10.3 Å². The van der Waals surface area contributed by atoms with Crippen molar-refractivity contribution in [3.05, 3.63) is 70.9 Å². The number of aromatic amines is 1. The summed E-state index contributed by atoms with van der Waals surface area (Å²) >= 11 is 0. The molecule has 6 heteroatoms. The quantitative estimate of drug-likeness (QED) is 0.559. The first-order valence-corrected chi connectivity index (χ1v) is 7.76. The summed E-state index contributed by atoms with van der Waals surface area (Å²) in [5.74, 6) is -3.44. The molecule has 0 saturated carbocycles. The zero-order chi connectivity index (χ0) is 18.1. The van der Waals surface area contributed by atoms with Gasteiger partial charge in [-0.1, -0.05) is 24.3 Å². The molecule has 0 unspecified atom stereocenters. The van der Waals surface area contributed by atoms with Crippen molar-refractivity contribution in [1.82, 2.24) is 10.3 Å². The Morgan fingerprint density at radius 1 is 1.08 bits per heavy atom. The monoisotopic (exact) mass is 342 g/mol. The highest BCUT2D eigenvalue weighted by molar-refractivity contribution is 6.45. The summed E-state index contributed by atoms with van der Waals surface area (Å²) in [5.41, 5.74) is 2.05. The van der Waals surface area contributed by atoms with Gasteiger partial charge in [-0.2, -0.15) is 0 Å². The minimum absolute atomic E-state index is 0.311. The lowest BCUT2D eigenvalue weighted by atomic mass is 10.0. The summed E-state index contributed by atoms with van der Waals surface area (Å²) in [6.45, 7) is 3.32. The van der Waals surface area contributed by atoms with Gasteiger partial charge in [0.25, 0.3) is 11.7 Å². The molecule has 2 aromatic carbocycles. The number of halogens is 2. The van der Waals surface area contributed by atoms with E-state index in [9.17, 15) is 18.4 Å². The average Bonchev–Trinajstić information content (AvgIpc) is 2.92. The van der Waals surface area contributed by atoms with E-state index in [4.69, 9.17) is 0 Å². The van der Waals surface area contributed by atoms with Crippen LogP contribution in [0.25, 0.3) is 10.9 Å². The lowest BCUT2D eigenvalue weighted by Crippen LogP contribution is -2.33. The molecular weight excluding hydrogens is 326 g/mol. The lowest BCUT2D eigenvalue weighted by molar-refractivity contribution is -0.117. The van der Waals surface area contributed by atoms with Crippen LogP contribution in [0.2, 0.25) is 0 Å². The number of rotatable bonds is 4.